The smallest absolute Gasteiger partial charge is 0.344 e. The maximum atomic E-state index is 9.84. The topological polar surface area (TPSA) is 190 Å². The molecule has 0 saturated heterocycles. The van der Waals surface area contributed by atoms with E-state index in [2.05, 4.69) is 0 Å². The van der Waals surface area contributed by atoms with Crippen LogP contribution in [0.2, 0.25) is 0 Å². The standard InChI is InChI=1S/C5H8O5.C3H4O5/c6-3(1-4(7)8)2-5(9)10;4-1(2(5)6)3(7)8/h3,6H,1-2H2,(H,7,8)(H,9,10);1,4H,(H,5,6)(H,7,8). The third-order valence-electron chi connectivity index (χ3n) is 1.29. The molecule has 0 unspecified atom stereocenters. The average Bonchev–Trinajstić information content (AvgIpc) is 2.14. The highest BCUT2D eigenvalue weighted by atomic mass is 16.4. The summed E-state index contributed by atoms with van der Waals surface area (Å²) in [6, 6.07) is 0. The second-order valence-corrected chi connectivity index (χ2v) is 2.93. The van der Waals surface area contributed by atoms with E-state index in [0.29, 0.717) is 0 Å². The van der Waals surface area contributed by atoms with Crippen molar-refractivity contribution in [3.63, 3.8) is 0 Å². The molecule has 0 fully saturated rings. The van der Waals surface area contributed by atoms with E-state index in [0.717, 1.165) is 0 Å². The lowest BCUT2D eigenvalue weighted by Crippen LogP contribution is -2.28. The van der Waals surface area contributed by atoms with Crippen molar-refractivity contribution in [2.45, 2.75) is 25.0 Å². The lowest BCUT2D eigenvalue weighted by molar-refractivity contribution is -0.161. The molecule has 0 aromatic heterocycles. The molecule has 0 atom stereocenters. The molecule has 0 heterocycles. The van der Waals surface area contributed by atoms with E-state index < -0.39 is 48.9 Å². The molecule has 0 rings (SSSR count). The molecular weight excluding hydrogens is 256 g/mol. The van der Waals surface area contributed by atoms with Crippen LogP contribution in [-0.4, -0.2) is 66.7 Å². The Labute approximate surface area is 99.7 Å². The van der Waals surface area contributed by atoms with Gasteiger partial charge in [0.25, 0.3) is 0 Å². The molecule has 0 saturated carbocycles. The van der Waals surface area contributed by atoms with Gasteiger partial charge in [-0.3, -0.25) is 9.59 Å². The first-order valence-corrected chi connectivity index (χ1v) is 4.33. The molecule has 18 heavy (non-hydrogen) atoms. The molecule has 0 aliphatic rings. The molecule has 0 aromatic carbocycles. The Morgan fingerprint density at radius 1 is 0.722 bits per heavy atom. The lowest BCUT2D eigenvalue weighted by Gasteiger charge is -2.01. The van der Waals surface area contributed by atoms with Crippen LogP contribution in [0.15, 0.2) is 0 Å². The summed E-state index contributed by atoms with van der Waals surface area (Å²) in [5, 5.41) is 48.2. The Bertz CT molecular complexity index is 292. The summed E-state index contributed by atoms with van der Waals surface area (Å²) >= 11 is 0. The van der Waals surface area contributed by atoms with Crippen molar-refractivity contribution in [3.8, 4) is 0 Å². The van der Waals surface area contributed by atoms with Gasteiger partial charge in [0.2, 0.25) is 6.10 Å². The number of hydrogen-bond donors (Lipinski definition) is 6. The van der Waals surface area contributed by atoms with Gasteiger partial charge < -0.3 is 30.6 Å². The first kappa shape index (κ1) is 18.2. The fourth-order valence-electron chi connectivity index (χ4n) is 0.581. The highest BCUT2D eigenvalue weighted by molar-refractivity contribution is 5.95. The van der Waals surface area contributed by atoms with Crippen LogP contribution in [0.4, 0.5) is 0 Å². The van der Waals surface area contributed by atoms with Gasteiger partial charge in [0.05, 0.1) is 18.9 Å². The summed E-state index contributed by atoms with van der Waals surface area (Å²) in [5.74, 6) is -5.91. The number of carboxylic acid groups (broad SMARTS) is 4. The largest absolute Gasteiger partial charge is 0.481 e. The highest BCUT2D eigenvalue weighted by Gasteiger charge is 2.20. The van der Waals surface area contributed by atoms with Crippen LogP contribution in [0.25, 0.3) is 0 Å². The maximum absolute atomic E-state index is 9.84. The summed E-state index contributed by atoms with van der Waals surface area (Å²) in [4.78, 5) is 38.7. The first-order chi connectivity index (χ1) is 8.07. The van der Waals surface area contributed by atoms with Crippen LogP contribution in [0, 0.1) is 0 Å². The van der Waals surface area contributed by atoms with Crippen molar-refractivity contribution in [1.29, 1.82) is 0 Å². The van der Waals surface area contributed by atoms with Gasteiger partial charge in [-0.1, -0.05) is 0 Å². The van der Waals surface area contributed by atoms with Gasteiger partial charge in [0, 0.05) is 0 Å². The molecule has 0 radical (unpaired) electrons. The van der Waals surface area contributed by atoms with Gasteiger partial charge in [-0.2, -0.15) is 0 Å². The van der Waals surface area contributed by atoms with Gasteiger partial charge in [-0.25, -0.2) is 9.59 Å². The van der Waals surface area contributed by atoms with E-state index in [1.165, 1.54) is 0 Å². The Morgan fingerprint density at radius 3 is 1.11 bits per heavy atom. The van der Waals surface area contributed by atoms with Crippen molar-refractivity contribution in [1.82, 2.24) is 0 Å². The summed E-state index contributed by atoms with van der Waals surface area (Å²) in [7, 11) is 0. The summed E-state index contributed by atoms with van der Waals surface area (Å²) in [6.07, 6.45) is -4.62. The molecule has 0 amide bonds. The number of aliphatic hydroxyl groups is 2. The Balaban J connectivity index is 0. The third kappa shape index (κ3) is 11.9. The Morgan fingerprint density at radius 2 is 1.00 bits per heavy atom. The second kappa shape index (κ2) is 8.90. The van der Waals surface area contributed by atoms with Crippen molar-refractivity contribution in [2.24, 2.45) is 0 Å². The predicted molar refractivity (Wildman–Crippen MR) is 51.8 cm³/mol. The molecule has 0 aromatic rings. The fraction of sp³-hybridized carbons (Fsp3) is 0.500. The van der Waals surface area contributed by atoms with Crippen molar-refractivity contribution < 1.29 is 49.8 Å². The minimum atomic E-state index is -2.30. The van der Waals surface area contributed by atoms with Crippen LogP contribution in [0.1, 0.15) is 12.8 Å². The van der Waals surface area contributed by atoms with Crippen LogP contribution < -0.4 is 0 Å². The molecular formula is C8H12O10. The zero-order valence-corrected chi connectivity index (χ0v) is 8.89. The molecule has 10 heteroatoms. The summed E-state index contributed by atoms with van der Waals surface area (Å²) < 4.78 is 0. The van der Waals surface area contributed by atoms with Crippen LogP contribution in [-0.2, 0) is 19.2 Å². The second-order valence-electron chi connectivity index (χ2n) is 2.93. The molecule has 6 N–H and O–H groups in total. The van der Waals surface area contributed by atoms with Crippen LogP contribution in [0.3, 0.4) is 0 Å². The first-order valence-electron chi connectivity index (χ1n) is 4.33. The SMILES string of the molecule is O=C(O)C(O)C(=O)O.O=C(O)CC(O)CC(=O)O. The molecule has 0 aliphatic carbocycles. The normalized spacial score (nSPS) is 9.56. The van der Waals surface area contributed by atoms with E-state index in [4.69, 9.17) is 30.6 Å². The average molecular weight is 268 g/mol. The van der Waals surface area contributed by atoms with Gasteiger partial charge in [-0.05, 0) is 0 Å². The highest BCUT2D eigenvalue weighted by Crippen LogP contribution is 1.96. The number of carboxylic acids is 4. The number of aliphatic hydroxyl groups excluding tert-OH is 2. The van der Waals surface area contributed by atoms with Gasteiger partial charge in [-0.15, -0.1) is 0 Å². The van der Waals surface area contributed by atoms with Crippen molar-refractivity contribution in [2.75, 3.05) is 0 Å². The Kier molecular flexibility index (Phi) is 8.98. The lowest BCUT2D eigenvalue weighted by atomic mass is 10.2. The minimum absolute atomic E-state index is 0.522. The van der Waals surface area contributed by atoms with E-state index in [9.17, 15) is 19.2 Å². The molecule has 104 valence electrons. The number of aliphatic carboxylic acids is 4. The summed E-state index contributed by atoms with van der Waals surface area (Å²) in [6.45, 7) is 0. The van der Waals surface area contributed by atoms with Crippen LogP contribution >= 0.6 is 0 Å². The van der Waals surface area contributed by atoms with E-state index in [1.807, 2.05) is 0 Å². The quantitative estimate of drug-likeness (QED) is 0.288. The van der Waals surface area contributed by atoms with E-state index in [-0.39, 0.29) is 0 Å². The third-order valence-corrected chi connectivity index (χ3v) is 1.29. The zero-order chi connectivity index (χ0) is 14.9. The summed E-state index contributed by atoms with van der Waals surface area (Å²) in [5.41, 5.74) is 0. The van der Waals surface area contributed by atoms with Gasteiger partial charge >= 0.3 is 23.9 Å². The van der Waals surface area contributed by atoms with Gasteiger partial charge in [0.1, 0.15) is 0 Å². The van der Waals surface area contributed by atoms with Crippen LogP contribution in [0.5, 0.6) is 0 Å². The maximum Gasteiger partial charge on any atom is 0.344 e. The number of carbonyl (C=O) groups is 4. The Hall–Kier alpha value is -2.20. The van der Waals surface area contributed by atoms with Crippen molar-refractivity contribution >= 4 is 23.9 Å². The predicted octanol–water partition coefficient (Wildman–Crippen LogP) is -2.19. The van der Waals surface area contributed by atoms with Gasteiger partial charge in [0.15, 0.2) is 0 Å². The van der Waals surface area contributed by atoms with E-state index >= 15 is 0 Å². The molecule has 0 aliphatic heterocycles. The monoisotopic (exact) mass is 268 g/mol. The molecule has 10 nitrogen and oxygen atoms in total. The minimum Gasteiger partial charge on any atom is -0.481 e. The number of rotatable bonds is 6. The number of hydrogen-bond acceptors (Lipinski definition) is 6. The molecule has 0 bridgehead atoms. The van der Waals surface area contributed by atoms with Crippen molar-refractivity contribution in [3.05, 3.63) is 0 Å². The molecule has 0 spiro atoms. The zero-order valence-electron chi connectivity index (χ0n) is 8.89. The van der Waals surface area contributed by atoms with E-state index in [1.54, 1.807) is 0 Å². The fourth-order valence-corrected chi connectivity index (χ4v) is 0.581.